The zero-order valence-corrected chi connectivity index (χ0v) is 9.77. The summed E-state index contributed by atoms with van der Waals surface area (Å²) >= 11 is 0. The highest BCUT2D eigenvalue weighted by Crippen LogP contribution is 2.20. The van der Waals surface area contributed by atoms with Crippen LogP contribution in [0.5, 0.6) is 0 Å². The Morgan fingerprint density at radius 1 is 1.28 bits per heavy atom. The second-order valence-corrected chi connectivity index (χ2v) is 4.13. The van der Waals surface area contributed by atoms with Gasteiger partial charge in [-0.25, -0.2) is 4.79 Å². The minimum Gasteiger partial charge on any atom is -0.478 e. The molecule has 2 amide bonds. The van der Waals surface area contributed by atoms with Gasteiger partial charge in [0, 0.05) is 5.69 Å². The normalized spacial score (nSPS) is 15.5. The number of nitrogens with one attached hydrogen (secondary N) is 1. The first-order valence-electron chi connectivity index (χ1n) is 5.39. The molecule has 1 aliphatic heterocycles. The highest BCUT2D eigenvalue weighted by atomic mass is 16.4. The van der Waals surface area contributed by atoms with Crippen LogP contribution in [0.25, 0.3) is 0 Å². The van der Waals surface area contributed by atoms with Crippen LogP contribution in [0.4, 0.5) is 5.69 Å². The lowest BCUT2D eigenvalue weighted by Crippen LogP contribution is -2.51. The van der Waals surface area contributed by atoms with Gasteiger partial charge in [0.05, 0.1) is 18.7 Å². The van der Waals surface area contributed by atoms with Crippen molar-refractivity contribution in [2.45, 2.75) is 6.92 Å². The summed E-state index contributed by atoms with van der Waals surface area (Å²) < 4.78 is 0. The number of carbonyl (C=O) groups excluding carboxylic acids is 2. The van der Waals surface area contributed by atoms with E-state index in [0.29, 0.717) is 11.3 Å². The average Bonchev–Trinajstić information content (AvgIpc) is 2.26. The third-order valence-electron chi connectivity index (χ3n) is 2.75. The molecule has 1 heterocycles. The Morgan fingerprint density at radius 2 is 1.89 bits per heavy atom. The number of nitrogens with zero attached hydrogens (tertiary/aromatic N) is 1. The highest BCUT2D eigenvalue weighted by Gasteiger charge is 2.23. The number of piperazine rings is 1. The summed E-state index contributed by atoms with van der Waals surface area (Å²) in [6.45, 7) is 1.87. The van der Waals surface area contributed by atoms with Gasteiger partial charge in [-0.1, -0.05) is 0 Å². The Bertz CT molecular complexity index is 523. The van der Waals surface area contributed by atoms with Crippen LogP contribution in [-0.2, 0) is 9.59 Å². The summed E-state index contributed by atoms with van der Waals surface area (Å²) in [5.74, 6) is -1.70. The van der Waals surface area contributed by atoms with E-state index in [-0.39, 0.29) is 30.5 Å². The zero-order valence-electron chi connectivity index (χ0n) is 9.77. The molecule has 1 fully saturated rings. The molecule has 18 heavy (non-hydrogen) atoms. The van der Waals surface area contributed by atoms with Gasteiger partial charge in [0.1, 0.15) is 0 Å². The topological polar surface area (TPSA) is 86.7 Å². The summed E-state index contributed by atoms with van der Waals surface area (Å²) in [6.07, 6.45) is 0. The number of aromatic carboxylic acids is 1. The molecule has 6 nitrogen and oxygen atoms in total. The molecule has 94 valence electrons. The Kier molecular flexibility index (Phi) is 3.01. The third-order valence-corrected chi connectivity index (χ3v) is 2.75. The Balaban J connectivity index is 2.29. The molecule has 0 saturated carbocycles. The van der Waals surface area contributed by atoms with Gasteiger partial charge in [-0.05, 0) is 30.7 Å². The standard InChI is InChI=1S/C12H12N2O4/c1-7-4-8(2-3-9(7)12(17)18)14-5-10(15)13-11(16)6-14/h2-4H,5-6H2,1H3,(H,17,18)(H,13,15,16). The van der Waals surface area contributed by atoms with E-state index in [0.717, 1.165) is 0 Å². The number of anilines is 1. The molecular formula is C12H12N2O4. The molecule has 0 aromatic heterocycles. The van der Waals surface area contributed by atoms with Crippen LogP contribution < -0.4 is 10.2 Å². The number of imide groups is 1. The molecular weight excluding hydrogens is 236 g/mol. The van der Waals surface area contributed by atoms with Crippen molar-refractivity contribution in [1.29, 1.82) is 0 Å². The van der Waals surface area contributed by atoms with Gasteiger partial charge in [-0.2, -0.15) is 0 Å². The van der Waals surface area contributed by atoms with Crippen LogP contribution in [0.2, 0.25) is 0 Å². The number of amides is 2. The number of aryl methyl sites for hydroxylation is 1. The van der Waals surface area contributed by atoms with E-state index >= 15 is 0 Å². The first-order valence-corrected chi connectivity index (χ1v) is 5.39. The van der Waals surface area contributed by atoms with Crippen LogP contribution in [0.3, 0.4) is 0 Å². The molecule has 1 aromatic rings. The lowest BCUT2D eigenvalue weighted by atomic mass is 10.1. The Hall–Kier alpha value is -2.37. The van der Waals surface area contributed by atoms with E-state index in [4.69, 9.17) is 5.11 Å². The fourth-order valence-corrected chi connectivity index (χ4v) is 1.90. The molecule has 0 unspecified atom stereocenters. The van der Waals surface area contributed by atoms with E-state index in [9.17, 15) is 14.4 Å². The van der Waals surface area contributed by atoms with E-state index in [1.54, 1.807) is 24.0 Å². The highest BCUT2D eigenvalue weighted by molar-refractivity contribution is 6.02. The van der Waals surface area contributed by atoms with Crippen molar-refractivity contribution < 1.29 is 19.5 Å². The monoisotopic (exact) mass is 248 g/mol. The third kappa shape index (κ3) is 2.32. The number of hydrogen-bond donors (Lipinski definition) is 2. The number of hydrogen-bond acceptors (Lipinski definition) is 4. The van der Waals surface area contributed by atoms with Crippen molar-refractivity contribution in [3.63, 3.8) is 0 Å². The van der Waals surface area contributed by atoms with Crippen LogP contribution in [0, 0.1) is 6.92 Å². The first-order chi connectivity index (χ1) is 8.47. The SMILES string of the molecule is Cc1cc(N2CC(=O)NC(=O)C2)ccc1C(=O)O. The van der Waals surface area contributed by atoms with Crippen LogP contribution in [0.15, 0.2) is 18.2 Å². The van der Waals surface area contributed by atoms with Crippen molar-refractivity contribution in [3.05, 3.63) is 29.3 Å². The van der Waals surface area contributed by atoms with Crippen LogP contribution >= 0.6 is 0 Å². The van der Waals surface area contributed by atoms with Gasteiger partial charge in [0.25, 0.3) is 0 Å². The molecule has 2 rings (SSSR count). The Labute approximate surface area is 103 Å². The van der Waals surface area contributed by atoms with E-state index in [1.807, 2.05) is 0 Å². The summed E-state index contributed by atoms with van der Waals surface area (Å²) in [5.41, 5.74) is 1.48. The van der Waals surface area contributed by atoms with Gasteiger partial charge >= 0.3 is 5.97 Å². The van der Waals surface area contributed by atoms with Crippen molar-refractivity contribution in [2.24, 2.45) is 0 Å². The summed E-state index contributed by atoms with van der Waals surface area (Å²) in [5, 5.41) is 11.1. The predicted octanol–water partition coefficient (Wildman–Crippen LogP) is 0.156. The number of carboxylic acids is 1. The molecule has 1 aromatic carbocycles. The quantitative estimate of drug-likeness (QED) is 0.728. The predicted molar refractivity (Wildman–Crippen MR) is 63.5 cm³/mol. The first kappa shape index (κ1) is 12.1. The fraction of sp³-hybridized carbons (Fsp3) is 0.250. The minimum absolute atomic E-state index is 0.0948. The maximum Gasteiger partial charge on any atom is 0.335 e. The zero-order chi connectivity index (χ0) is 13.3. The van der Waals surface area contributed by atoms with Gasteiger partial charge in [0.2, 0.25) is 11.8 Å². The second kappa shape index (κ2) is 4.48. The molecule has 6 heteroatoms. The van der Waals surface area contributed by atoms with Crippen LogP contribution in [0.1, 0.15) is 15.9 Å². The minimum atomic E-state index is -0.994. The lowest BCUT2D eigenvalue weighted by molar-refractivity contribution is -0.130. The van der Waals surface area contributed by atoms with Crippen molar-refractivity contribution in [2.75, 3.05) is 18.0 Å². The maximum absolute atomic E-state index is 11.2. The lowest BCUT2D eigenvalue weighted by Gasteiger charge is -2.27. The smallest absolute Gasteiger partial charge is 0.335 e. The van der Waals surface area contributed by atoms with Gasteiger partial charge in [-0.15, -0.1) is 0 Å². The summed E-state index contributed by atoms with van der Waals surface area (Å²) in [7, 11) is 0. The molecule has 0 atom stereocenters. The molecule has 0 aliphatic carbocycles. The van der Waals surface area contributed by atoms with Crippen molar-refractivity contribution in [3.8, 4) is 0 Å². The van der Waals surface area contributed by atoms with Crippen molar-refractivity contribution >= 4 is 23.5 Å². The maximum atomic E-state index is 11.2. The Morgan fingerprint density at radius 3 is 2.39 bits per heavy atom. The molecule has 0 radical (unpaired) electrons. The van der Waals surface area contributed by atoms with Crippen LogP contribution in [-0.4, -0.2) is 36.0 Å². The molecule has 0 bridgehead atoms. The number of benzene rings is 1. The fourth-order valence-electron chi connectivity index (χ4n) is 1.90. The van der Waals surface area contributed by atoms with Gasteiger partial charge in [0.15, 0.2) is 0 Å². The number of carbonyl (C=O) groups is 3. The van der Waals surface area contributed by atoms with E-state index in [1.165, 1.54) is 6.07 Å². The molecule has 1 saturated heterocycles. The molecule has 0 spiro atoms. The molecule has 2 N–H and O–H groups in total. The summed E-state index contributed by atoms with van der Waals surface area (Å²) in [6, 6.07) is 4.74. The van der Waals surface area contributed by atoms with Gasteiger partial charge in [-0.3, -0.25) is 14.9 Å². The largest absolute Gasteiger partial charge is 0.478 e. The number of carboxylic acid groups (broad SMARTS) is 1. The van der Waals surface area contributed by atoms with Crippen molar-refractivity contribution in [1.82, 2.24) is 5.32 Å². The summed E-state index contributed by atoms with van der Waals surface area (Å²) in [4.78, 5) is 35.0. The molecule has 1 aliphatic rings. The van der Waals surface area contributed by atoms with E-state index < -0.39 is 5.97 Å². The number of rotatable bonds is 2. The van der Waals surface area contributed by atoms with Gasteiger partial charge < -0.3 is 10.0 Å². The average molecular weight is 248 g/mol. The second-order valence-electron chi connectivity index (χ2n) is 4.13. The van der Waals surface area contributed by atoms with E-state index in [2.05, 4.69) is 5.32 Å².